The summed E-state index contributed by atoms with van der Waals surface area (Å²) in [6, 6.07) is 28.9. The van der Waals surface area contributed by atoms with Gasteiger partial charge in [-0.1, -0.05) is 78.9 Å². The van der Waals surface area contributed by atoms with Crippen LogP contribution in [-0.4, -0.2) is 0 Å². The van der Waals surface area contributed by atoms with Crippen LogP contribution in [0.25, 0.3) is 21.5 Å². The van der Waals surface area contributed by atoms with Gasteiger partial charge in [-0.05, 0) is 44.7 Å². The molecular weight excluding hydrogens is 264 g/mol. The van der Waals surface area contributed by atoms with Gasteiger partial charge in [-0.15, -0.1) is 0 Å². The predicted octanol–water partition coefficient (Wildman–Crippen LogP) is 5.68. The van der Waals surface area contributed by atoms with Crippen molar-refractivity contribution >= 4 is 21.5 Å². The first kappa shape index (κ1) is 12.0. The molecule has 1 aliphatic carbocycles. The third kappa shape index (κ3) is 1.58. The molecule has 4 aromatic rings. The summed E-state index contributed by atoms with van der Waals surface area (Å²) in [5, 5.41) is 5.57. The Morgan fingerprint density at radius 3 is 2.18 bits per heavy atom. The quantitative estimate of drug-likeness (QED) is 0.420. The molecule has 0 amide bonds. The Morgan fingerprint density at radius 2 is 1.27 bits per heavy atom. The van der Waals surface area contributed by atoms with Gasteiger partial charge in [-0.3, -0.25) is 0 Å². The minimum Gasteiger partial charge on any atom is -0.0616 e. The lowest BCUT2D eigenvalue weighted by Crippen LogP contribution is -1.99. The average molecular weight is 280 g/mol. The molecule has 0 spiro atoms. The fourth-order valence-electron chi connectivity index (χ4n) is 4.07. The van der Waals surface area contributed by atoms with E-state index in [1.807, 2.05) is 0 Å². The second-order valence-electron chi connectivity index (χ2n) is 6.19. The molecule has 0 nitrogen and oxygen atoms in total. The molecule has 5 rings (SSSR count). The molecule has 0 aromatic heterocycles. The topological polar surface area (TPSA) is 0 Å². The molecule has 0 radical (unpaired) electrons. The van der Waals surface area contributed by atoms with Crippen molar-refractivity contribution in [1.29, 1.82) is 0 Å². The number of fused-ring (bicyclic) bond motifs is 1. The number of rotatable bonds is 1. The van der Waals surface area contributed by atoms with E-state index in [1.165, 1.54) is 38.2 Å². The van der Waals surface area contributed by atoms with Gasteiger partial charge in [0.1, 0.15) is 0 Å². The lowest BCUT2D eigenvalue weighted by Gasteiger charge is -2.15. The highest BCUT2D eigenvalue weighted by Crippen LogP contribution is 2.43. The zero-order chi connectivity index (χ0) is 14.5. The van der Waals surface area contributed by atoms with Crippen molar-refractivity contribution in [2.75, 3.05) is 0 Å². The lowest BCUT2D eigenvalue weighted by molar-refractivity contribution is 0.856. The zero-order valence-electron chi connectivity index (χ0n) is 12.3. The Hall–Kier alpha value is -2.60. The summed E-state index contributed by atoms with van der Waals surface area (Å²) in [6.07, 6.45) is 1.12. The first-order valence-electron chi connectivity index (χ1n) is 7.90. The van der Waals surface area contributed by atoms with Crippen LogP contribution in [0.5, 0.6) is 0 Å². The second-order valence-corrected chi connectivity index (χ2v) is 6.19. The van der Waals surface area contributed by atoms with Crippen LogP contribution in [0.4, 0.5) is 0 Å². The first-order valence-corrected chi connectivity index (χ1v) is 7.90. The van der Waals surface area contributed by atoms with E-state index in [4.69, 9.17) is 0 Å². The molecule has 4 aromatic carbocycles. The Labute approximate surface area is 130 Å². The van der Waals surface area contributed by atoms with E-state index >= 15 is 0 Å². The maximum atomic E-state index is 2.31. The largest absolute Gasteiger partial charge is 0.0616 e. The summed E-state index contributed by atoms with van der Waals surface area (Å²) in [6.45, 7) is 0. The van der Waals surface area contributed by atoms with Gasteiger partial charge in [0.15, 0.2) is 0 Å². The van der Waals surface area contributed by atoms with Gasteiger partial charge in [0.25, 0.3) is 0 Å². The van der Waals surface area contributed by atoms with E-state index in [9.17, 15) is 0 Å². The maximum Gasteiger partial charge on any atom is 0.0142 e. The number of hydrogen-bond donors (Lipinski definition) is 0. The van der Waals surface area contributed by atoms with Crippen LogP contribution < -0.4 is 0 Å². The van der Waals surface area contributed by atoms with Gasteiger partial charge in [-0.2, -0.15) is 0 Å². The molecule has 1 aliphatic rings. The first-order chi connectivity index (χ1) is 10.9. The summed E-state index contributed by atoms with van der Waals surface area (Å²) in [7, 11) is 0. The normalized spacial score (nSPS) is 16.5. The van der Waals surface area contributed by atoms with Gasteiger partial charge in [0.05, 0.1) is 0 Å². The molecule has 0 N–H and O–H groups in total. The Kier molecular flexibility index (Phi) is 2.42. The van der Waals surface area contributed by atoms with E-state index in [2.05, 4.69) is 78.9 Å². The summed E-state index contributed by atoms with van der Waals surface area (Å²) in [5.74, 6) is 0.479. The van der Waals surface area contributed by atoms with Gasteiger partial charge in [-0.25, -0.2) is 0 Å². The highest BCUT2D eigenvalue weighted by Gasteiger charge is 2.26. The minimum atomic E-state index is 0.479. The molecule has 0 saturated heterocycles. The van der Waals surface area contributed by atoms with E-state index in [-0.39, 0.29) is 0 Å². The molecule has 1 unspecified atom stereocenters. The third-order valence-electron chi connectivity index (χ3n) is 5.02. The van der Waals surface area contributed by atoms with Crippen molar-refractivity contribution in [3.63, 3.8) is 0 Å². The van der Waals surface area contributed by atoms with Crippen molar-refractivity contribution in [1.82, 2.24) is 0 Å². The molecule has 0 bridgehead atoms. The Bertz CT molecular complexity index is 1000. The lowest BCUT2D eigenvalue weighted by atomic mass is 9.88. The summed E-state index contributed by atoms with van der Waals surface area (Å²) in [4.78, 5) is 0. The average Bonchev–Trinajstić information content (AvgIpc) is 2.95. The van der Waals surface area contributed by atoms with Gasteiger partial charge < -0.3 is 0 Å². The van der Waals surface area contributed by atoms with Crippen LogP contribution in [0.1, 0.15) is 22.6 Å². The van der Waals surface area contributed by atoms with Gasteiger partial charge in [0.2, 0.25) is 0 Å². The van der Waals surface area contributed by atoms with Crippen molar-refractivity contribution in [3.05, 3.63) is 95.6 Å². The zero-order valence-corrected chi connectivity index (χ0v) is 12.3. The highest BCUT2D eigenvalue weighted by atomic mass is 14.3. The molecular formula is C22H16. The maximum absolute atomic E-state index is 2.31. The molecule has 1 atom stereocenters. The molecule has 0 heteroatoms. The predicted molar refractivity (Wildman–Crippen MR) is 93.4 cm³/mol. The monoisotopic (exact) mass is 280 g/mol. The van der Waals surface area contributed by atoms with Crippen LogP contribution in [0, 0.1) is 0 Å². The fraction of sp³-hybridized carbons (Fsp3) is 0.0909. The fourth-order valence-corrected chi connectivity index (χ4v) is 4.07. The van der Waals surface area contributed by atoms with Crippen LogP contribution in [0.2, 0.25) is 0 Å². The van der Waals surface area contributed by atoms with Crippen LogP contribution >= 0.6 is 0 Å². The summed E-state index contributed by atoms with van der Waals surface area (Å²) >= 11 is 0. The molecule has 104 valence electrons. The third-order valence-corrected chi connectivity index (χ3v) is 5.02. The molecule has 0 saturated carbocycles. The molecule has 0 heterocycles. The second kappa shape index (κ2) is 4.45. The molecule has 22 heavy (non-hydrogen) atoms. The molecule has 0 fully saturated rings. The highest BCUT2D eigenvalue weighted by molar-refractivity contribution is 5.94. The SMILES string of the molecule is c1ccc2c(C3Cc4cccc5cccc3c45)cccc2c1. The van der Waals surface area contributed by atoms with Crippen LogP contribution in [0.15, 0.2) is 78.9 Å². The number of benzene rings is 4. The smallest absolute Gasteiger partial charge is 0.0142 e. The van der Waals surface area contributed by atoms with Crippen LogP contribution in [-0.2, 0) is 6.42 Å². The number of hydrogen-bond acceptors (Lipinski definition) is 0. The molecule has 0 aliphatic heterocycles. The van der Waals surface area contributed by atoms with E-state index in [1.54, 1.807) is 0 Å². The Balaban J connectivity index is 1.80. The van der Waals surface area contributed by atoms with Crippen LogP contribution in [0.3, 0.4) is 0 Å². The van der Waals surface area contributed by atoms with E-state index in [0.717, 1.165) is 6.42 Å². The van der Waals surface area contributed by atoms with Gasteiger partial charge >= 0.3 is 0 Å². The van der Waals surface area contributed by atoms with Crippen molar-refractivity contribution < 1.29 is 0 Å². The summed E-state index contributed by atoms with van der Waals surface area (Å²) < 4.78 is 0. The standard InChI is InChI=1S/C22H16/c1-2-11-18-15(6-1)7-4-12-19(18)21-14-17-10-3-8-16-9-5-13-20(21)22(16)17/h1-13,21H,14H2. The van der Waals surface area contributed by atoms with Crippen molar-refractivity contribution in [2.24, 2.45) is 0 Å². The summed E-state index contributed by atoms with van der Waals surface area (Å²) in [5.41, 5.74) is 4.44. The van der Waals surface area contributed by atoms with E-state index < -0.39 is 0 Å². The minimum absolute atomic E-state index is 0.479. The van der Waals surface area contributed by atoms with Crippen molar-refractivity contribution in [2.45, 2.75) is 12.3 Å². The van der Waals surface area contributed by atoms with E-state index in [0.29, 0.717) is 5.92 Å². The Morgan fingerprint density at radius 1 is 0.591 bits per heavy atom. The van der Waals surface area contributed by atoms with Gasteiger partial charge in [0, 0.05) is 5.92 Å². The van der Waals surface area contributed by atoms with Crippen molar-refractivity contribution in [3.8, 4) is 0 Å².